The lowest BCUT2D eigenvalue weighted by molar-refractivity contribution is 0.142. The smallest absolute Gasteiger partial charge is 0.0622 e. The molecule has 3 nitrogen and oxygen atoms in total. The van der Waals surface area contributed by atoms with Crippen LogP contribution >= 0.6 is 0 Å². The minimum absolute atomic E-state index is 0.192. The maximum absolute atomic E-state index is 5.36. The first-order valence-electron chi connectivity index (χ1n) is 5.02. The summed E-state index contributed by atoms with van der Waals surface area (Å²) in [7, 11) is 4.19. The Morgan fingerprint density at radius 1 is 1.54 bits per heavy atom. The molecule has 78 valence electrons. The molecule has 0 bridgehead atoms. The standard InChI is InChI=1S/C10H22N2O/c1-10(2,11-3)8-12(4)9-5-6-13-7-9/h9,11H,5-8H2,1-4H3. The Morgan fingerprint density at radius 3 is 2.69 bits per heavy atom. The summed E-state index contributed by atoms with van der Waals surface area (Å²) >= 11 is 0. The summed E-state index contributed by atoms with van der Waals surface area (Å²) in [5.41, 5.74) is 0.192. The van der Waals surface area contributed by atoms with E-state index in [0.717, 1.165) is 19.8 Å². The minimum Gasteiger partial charge on any atom is -0.380 e. The van der Waals surface area contributed by atoms with Gasteiger partial charge in [0.25, 0.3) is 0 Å². The number of hydrogen-bond acceptors (Lipinski definition) is 3. The number of rotatable bonds is 4. The van der Waals surface area contributed by atoms with E-state index in [2.05, 4.69) is 31.1 Å². The summed E-state index contributed by atoms with van der Waals surface area (Å²) < 4.78 is 5.36. The van der Waals surface area contributed by atoms with Gasteiger partial charge in [0.15, 0.2) is 0 Å². The first kappa shape index (κ1) is 11.0. The van der Waals surface area contributed by atoms with Crippen LogP contribution in [0.2, 0.25) is 0 Å². The molecule has 0 aromatic rings. The fourth-order valence-corrected chi connectivity index (χ4v) is 1.70. The summed E-state index contributed by atoms with van der Waals surface area (Å²) in [5, 5.41) is 3.31. The van der Waals surface area contributed by atoms with Gasteiger partial charge in [-0.25, -0.2) is 0 Å². The van der Waals surface area contributed by atoms with Gasteiger partial charge < -0.3 is 10.1 Å². The summed E-state index contributed by atoms with van der Waals surface area (Å²) in [4.78, 5) is 2.39. The highest BCUT2D eigenvalue weighted by Gasteiger charge is 2.25. The highest BCUT2D eigenvalue weighted by atomic mass is 16.5. The fraction of sp³-hybridized carbons (Fsp3) is 1.00. The molecule has 1 rings (SSSR count). The molecule has 0 amide bonds. The van der Waals surface area contributed by atoms with Crippen LogP contribution in [0.25, 0.3) is 0 Å². The fourth-order valence-electron chi connectivity index (χ4n) is 1.70. The van der Waals surface area contributed by atoms with Crippen LogP contribution < -0.4 is 5.32 Å². The van der Waals surface area contributed by atoms with E-state index in [0.29, 0.717) is 6.04 Å². The van der Waals surface area contributed by atoms with Crippen molar-refractivity contribution in [1.82, 2.24) is 10.2 Å². The molecule has 3 heteroatoms. The maximum atomic E-state index is 5.36. The van der Waals surface area contributed by atoms with Gasteiger partial charge in [-0.05, 0) is 34.4 Å². The lowest BCUT2D eigenvalue weighted by Gasteiger charge is -2.32. The Kier molecular flexibility index (Phi) is 3.71. The summed E-state index contributed by atoms with van der Waals surface area (Å²) in [6.07, 6.45) is 1.18. The molecular weight excluding hydrogens is 164 g/mol. The van der Waals surface area contributed by atoms with Crippen LogP contribution in [0.5, 0.6) is 0 Å². The normalized spacial score (nSPS) is 24.2. The van der Waals surface area contributed by atoms with E-state index >= 15 is 0 Å². The topological polar surface area (TPSA) is 24.5 Å². The van der Waals surface area contributed by atoms with Gasteiger partial charge in [0.2, 0.25) is 0 Å². The van der Waals surface area contributed by atoms with Crippen molar-refractivity contribution < 1.29 is 4.74 Å². The van der Waals surface area contributed by atoms with Crippen LogP contribution in [0.15, 0.2) is 0 Å². The molecule has 1 aliphatic heterocycles. The predicted molar refractivity (Wildman–Crippen MR) is 55.0 cm³/mol. The van der Waals surface area contributed by atoms with Crippen LogP contribution in [-0.4, -0.2) is 50.3 Å². The van der Waals surface area contributed by atoms with Crippen molar-refractivity contribution in [1.29, 1.82) is 0 Å². The molecule has 1 heterocycles. The monoisotopic (exact) mass is 186 g/mol. The first-order chi connectivity index (χ1) is 6.05. The largest absolute Gasteiger partial charge is 0.380 e. The summed E-state index contributed by atoms with van der Waals surface area (Å²) in [6, 6.07) is 0.618. The molecule has 0 aromatic carbocycles. The highest BCUT2D eigenvalue weighted by Crippen LogP contribution is 2.13. The second-order valence-corrected chi connectivity index (χ2v) is 4.57. The first-order valence-corrected chi connectivity index (χ1v) is 5.02. The van der Waals surface area contributed by atoms with Crippen molar-refractivity contribution >= 4 is 0 Å². The third-order valence-electron chi connectivity index (χ3n) is 2.85. The van der Waals surface area contributed by atoms with E-state index in [1.165, 1.54) is 6.42 Å². The average Bonchev–Trinajstić information content (AvgIpc) is 2.55. The molecule has 1 unspecified atom stereocenters. The Hall–Kier alpha value is -0.120. The third-order valence-corrected chi connectivity index (χ3v) is 2.85. The van der Waals surface area contributed by atoms with Gasteiger partial charge in [0.1, 0.15) is 0 Å². The number of ether oxygens (including phenoxy) is 1. The number of nitrogens with zero attached hydrogens (tertiary/aromatic N) is 1. The molecule has 0 radical (unpaired) electrons. The van der Waals surface area contributed by atoms with Crippen LogP contribution in [0.1, 0.15) is 20.3 Å². The lowest BCUT2D eigenvalue weighted by Crippen LogP contribution is -2.49. The second-order valence-electron chi connectivity index (χ2n) is 4.57. The molecule has 1 saturated heterocycles. The van der Waals surface area contributed by atoms with Crippen molar-refractivity contribution in [2.24, 2.45) is 0 Å². The molecule has 0 aromatic heterocycles. The molecule has 0 saturated carbocycles. The Bertz CT molecular complexity index is 153. The molecule has 1 N–H and O–H groups in total. The van der Waals surface area contributed by atoms with Crippen LogP contribution in [0, 0.1) is 0 Å². The lowest BCUT2D eigenvalue weighted by atomic mass is 10.0. The number of likely N-dealkylation sites (N-methyl/N-ethyl adjacent to an activating group) is 2. The Labute approximate surface area is 81.4 Å². The van der Waals surface area contributed by atoms with Crippen molar-refractivity contribution in [2.75, 3.05) is 33.9 Å². The summed E-state index contributed by atoms with van der Waals surface area (Å²) in [6.45, 7) is 7.33. The Balaban J connectivity index is 2.35. The van der Waals surface area contributed by atoms with E-state index in [1.807, 2.05) is 7.05 Å². The van der Waals surface area contributed by atoms with Gasteiger partial charge in [0.05, 0.1) is 6.61 Å². The van der Waals surface area contributed by atoms with Gasteiger partial charge >= 0.3 is 0 Å². The highest BCUT2D eigenvalue weighted by molar-refractivity contribution is 4.83. The van der Waals surface area contributed by atoms with E-state index in [9.17, 15) is 0 Å². The number of hydrogen-bond donors (Lipinski definition) is 1. The van der Waals surface area contributed by atoms with Crippen molar-refractivity contribution in [3.05, 3.63) is 0 Å². The molecule has 1 aliphatic rings. The van der Waals surface area contributed by atoms with Crippen LogP contribution in [0.4, 0.5) is 0 Å². The molecule has 13 heavy (non-hydrogen) atoms. The SMILES string of the molecule is CNC(C)(C)CN(C)C1CCOC1. The van der Waals surface area contributed by atoms with Crippen molar-refractivity contribution in [2.45, 2.75) is 31.8 Å². The zero-order valence-corrected chi connectivity index (χ0v) is 9.26. The van der Waals surface area contributed by atoms with Gasteiger partial charge in [0, 0.05) is 24.7 Å². The van der Waals surface area contributed by atoms with E-state index in [4.69, 9.17) is 4.74 Å². The third kappa shape index (κ3) is 3.25. The average molecular weight is 186 g/mol. The van der Waals surface area contributed by atoms with Crippen LogP contribution in [0.3, 0.4) is 0 Å². The van der Waals surface area contributed by atoms with Gasteiger partial charge in [-0.1, -0.05) is 0 Å². The van der Waals surface area contributed by atoms with E-state index in [1.54, 1.807) is 0 Å². The van der Waals surface area contributed by atoms with Crippen LogP contribution in [-0.2, 0) is 4.74 Å². The quantitative estimate of drug-likeness (QED) is 0.699. The van der Waals surface area contributed by atoms with Gasteiger partial charge in [-0.3, -0.25) is 4.90 Å². The summed E-state index contributed by atoms with van der Waals surface area (Å²) in [5.74, 6) is 0. The van der Waals surface area contributed by atoms with E-state index in [-0.39, 0.29) is 5.54 Å². The zero-order valence-electron chi connectivity index (χ0n) is 9.26. The predicted octanol–water partition coefficient (Wildman–Crippen LogP) is 0.705. The number of nitrogens with one attached hydrogen (secondary N) is 1. The molecule has 0 aliphatic carbocycles. The molecule has 1 fully saturated rings. The maximum Gasteiger partial charge on any atom is 0.0622 e. The molecule has 0 spiro atoms. The van der Waals surface area contributed by atoms with Gasteiger partial charge in [-0.2, -0.15) is 0 Å². The Morgan fingerprint density at radius 2 is 2.23 bits per heavy atom. The molecule has 1 atom stereocenters. The second kappa shape index (κ2) is 4.40. The van der Waals surface area contributed by atoms with Gasteiger partial charge in [-0.15, -0.1) is 0 Å². The minimum atomic E-state index is 0.192. The van der Waals surface area contributed by atoms with Crippen molar-refractivity contribution in [3.8, 4) is 0 Å². The van der Waals surface area contributed by atoms with Crippen molar-refractivity contribution in [3.63, 3.8) is 0 Å². The zero-order chi connectivity index (χ0) is 9.90. The van der Waals surface area contributed by atoms with E-state index < -0.39 is 0 Å². The molecular formula is C10H22N2O.